The molecule has 1 aromatic heterocycles. The summed E-state index contributed by atoms with van der Waals surface area (Å²) in [4.78, 5) is 29.4. The van der Waals surface area contributed by atoms with Crippen LogP contribution < -0.4 is 10.9 Å². The topological polar surface area (TPSA) is 64.0 Å². The molecule has 0 radical (unpaired) electrons. The van der Waals surface area contributed by atoms with E-state index in [1.807, 2.05) is 18.2 Å². The minimum Gasteiger partial charge on any atom is -0.352 e. The van der Waals surface area contributed by atoms with Crippen molar-refractivity contribution in [3.8, 4) is 5.69 Å². The number of para-hydroxylation sites is 1. The standard InChI is InChI=1S/C23H23N3O2/c27-22(24-15-14-17-6-2-1-3-7-17)18-10-12-19(13-11-18)26-16-25-21-9-5-4-8-20(21)23(26)28/h4-6,8-13,16H,1-3,7,14-15H2,(H,24,27). The maximum atomic E-state index is 12.7. The molecule has 5 nitrogen and oxygen atoms in total. The Labute approximate surface area is 163 Å². The van der Waals surface area contributed by atoms with Gasteiger partial charge in [-0.05, 0) is 68.5 Å². The van der Waals surface area contributed by atoms with Crippen molar-refractivity contribution < 1.29 is 4.79 Å². The zero-order chi connectivity index (χ0) is 19.3. The van der Waals surface area contributed by atoms with Gasteiger partial charge in [0.1, 0.15) is 6.33 Å². The zero-order valence-corrected chi connectivity index (χ0v) is 15.7. The summed E-state index contributed by atoms with van der Waals surface area (Å²) in [6.45, 7) is 0.653. The molecule has 1 N–H and O–H groups in total. The summed E-state index contributed by atoms with van der Waals surface area (Å²) < 4.78 is 1.50. The van der Waals surface area contributed by atoms with E-state index in [2.05, 4.69) is 16.4 Å². The van der Waals surface area contributed by atoms with Crippen molar-refractivity contribution >= 4 is 16.8 Å². The second-order valence-corrected chi connectivity index (χ2v) is 7.10. The number of rotatable bonds is 5. The highest BCUT2D eigenvalue weighted by atomic mass is 16.1. The highest BCUT2D eigenvalue weighted by Crippen LogP contribution is 2.19. The molecule has 0 atom stereocenters. The number of carbonyl (C=O) groups is 1. The molecular weight excluding hydrogens is 350 g/mol. The number of allylic oxidation sites excluding steroid dienone is 1. The van der Waals surface area contributed by atoms with E-state index in [4.69, 9.17) is 0 Å². The summed E-state index contributed by atoms with van der Waals surface area (Å²) in [5.41, 5.74) is 3.27. The number of nitrogens with zero attached hydrogens (tertiary/aromatic N) is 2. The lowest BCUT2D eigenvalue weighted by Crippen LogP contribution is -2.25. The summed E-state index contributed by atoms with van der Waals surface area (Å²) in [5.74, 6) is -0.0908. The van der Waals surface area contributed by atoms with Crippen molar-refractivity contribution in [1.82, 2.24) is 14.9 Å². The molecule has 142 valence electrons. The normalized spacial score (nSPS) is 13.9. The molecule has 2 aromatic carbocycles. The zero-order valence-electron chi connectivity index (χ0n) is 15.7. The van der Waals surface area contributed by atoms with Gasteiger partial charge in [0.25, 0.3) is 11.5 Å². The molecule has 0 unspecified atom stereocenters. The summed E-state index contributed by atoms with van der Waals surface area (Å²) in [6.07, 6.45) is 9.59. The highest BCUT2D eigenvalue weighted by molar-refractivity contribution is 5.94. The fraction of sp³-hybridized carbons (Fsp3) is 0.261. The maximum Gasteiger partial charge on any atom is 0.265 e. The van der Waals surface area contributed by atoms with Crippen LogP contribution in [0.15, 0.2) is 71.3 Å². The molecular formula is C23H23N3O2. The van der Waals surface area contributed by atoms with Gasteiger partial charge in [-0.1, -0.05) is 23.8 Å². The fourth-order valence-electron chi connectivity index (χ4n) is 3.60. The van der Waals surface area contributed by atoms with Crippen LogP contribution in [0.25, 0.3) is 16.6 Å². The first-order valence-corrected chi connectivity index (χ1v) is 9.75. The van der Waals surface area contributed by atoms with Gasteiger partial charge in [-0.3, -0.25) is 14.2 Å². The molecule has 3 aromatic rings. The van der Waals surface area contributed by atoms with Gasteiger partial charge >= 0.3 is 0 Å². The van der Waals surface area contributed by atoms with Gasteiger partial charge in [0.15, 0.2) is 0 Å². The molecule has 5 heteroatoms. The first-order chi connectivity index (χ1) is 13.7. The monoisotopic (exact) mass is 373 g/mol. The molecule has 0 fully saturated rings. The summed E-state index contributed by atoms with van der Waals surface area (Å²) >= 11 is 0. The highest BCUT2D eigenvalue weighted by Gasteiger charge is 2.09. The second-order valence-electron chi connectivity index (χ2n) is 7.10. The molecule has 0 saturated heterocycles. The molecule has 28 heavy (non-hydrogen) atoms. The van der Waals surface area contributed by atoms with Crippen LogP contribution in [0.4, 0.5) is 0 Å². The molecule has 1 heterocycles. The molecule has 0 bridgehead atoms. The van der Waals surface area contributed by atoms with Crippen LogP contribution in [0.2, 0.25) is 0 Å². The molecule has 4 rings (SSSR count). The number of nitrogens with one attached hydrogen (secondary N) is 1. The quantitative estimate of drug-likeness (QED) is 0.688. The van der Waals surface area contributed by atoms with Crippen molar-refractivity contribution in [3.05, 3.63) is 82.4 Å². The van der Waals surface area contributed by atoms with Crippen molar-refractivity contribution in [3.63, 3.8) is 0 Å². The molecule has 0 spiro atoms. The van der Waals surface area contributed by atoms with Crippen LogP contribution in [-0.4, -0.2) is 22.0 Å². The lowest BCUT2D eigenvalue weighted by molar-refractivity contribution is 0.0954. The van der Waals surface area contributed by atoms with Crippen molar-refractivity contribution in [1.29, 1.82) is 0 Å². The van der Waals surface area contributed by atoms with E-state index in [0.29, 0.717) is 28.7 Å². The Morgan fingerprint density at radius 1 is 1.07 bits per heavy atom. The van der Waals surface area contributed by atoms with E-state index >= 15 is 0 Å². The van der Waals surface area contributed by atoms with E-state index in [0.717, 1.165) is 19.3 Å². The average molecular weight is 373 g/mol. The van der Waals surface area contributed by atoms with Gasteiger partial charge in [0, 0.05) is 12.1 Å². The Hall–Kier alpha value is -3.21. The van der Waals surface area contributed by atoms with Crippen LogP contribution in [0.5, 0.6) is 0 Å². The van der Waals surface area contributed by atoms with Crippen LogP contribution in [-0.2, 0) is 0 Å². The fourth-order valence-corrected chi connectivity index (χ4v) is 3.60. The Morgan fingerprint density at radius 2 is 1.89 bits per heavy atom. The number of hydrogen-bond donors (Lipinski definition) is 1. The first-order valence-electron chi connectivity index (χ1n) is 9.75. The summed E-state index contributed by atoms with van der Waals surface area (Å²) in [6, 6.07) is 14.3. The summed E-state index contributed by atoms with van der Waals surface area (Å²) in [5, 5.41) is 3.55. The second kappa shape index (κ2) is 8.21. The number of hydrogen-bond acceptors (Lipinski definition) is 3. The van der Waals surface area contributed by atoms with E-state index in [9.17, 15) is 9.59 Å². The van der Waals surface area contributed by atoms with E-state index in [1.165, 1.54) is 29.3 Å². The number of amides is 1. The van der Waals surface area contributed by atoms with Crippen LogP contribution >= 0.6 is 0 Å². The SMILES string of the molecule is O=C(NCCC1=CCCCC1)c1ccc(-n2cnc3ccccc3c2=O)cc1. The number of aromatic nitrogens is 2. The average Bonchev–Trinajstić information content (AvgIpc) is 2.75. The van der Waals surface area contributed by atoms with Gasteiger partial charge in [0.2, 0.25) is 0 Å². The number of fused-ring (bicyclic) bond motifs is 1. The van der Waals surface area contributed by atoms with Crippen LogP contribution in [0.3, 0.4) is 0 Å². The number of carbonyl (C=O) groups excluding carboxylic acids is 1. The minimum absolute atomic E-state index is 0.0908. The van der Waals surface area contributed by atoms with Crippen molar-refractivity contribution in [2.45, 2.75) is 32.1 Å². The Bertz CT molecular complexity index is 1080. The van der Waals surface area contributed by atoms with E-state index < -0.39 is 0 Å². The van der Waals surface area contributed by atoms with E-state index in [1.54, 1.807) is 30.3 Å². The predicted molar refractivity (Wildman–Crippen MR) is 111 cm³/mol. The lowest BCUT2D eigenvalue weighted by atomic mass is 9.97. The van der Waals surface area contributed by atoms with Crippen LogP contribution in [0.1, 0.15) is 42.5 Å². The molecule has 1 aliphatic carbocycles. The van der Waals surface area contributed by atoms with Crippen LogP contribution in [0, 0.1) is 0 Å². The molecule has 0 saturated carbocycles. The third-order valence-corrected chi connectivity index (χ3v) is 5.19. The smallest absolute Gasteiger partial charge is 0.265 e. The molecule has 1 aliphatic rings. The van der Waals surface area contributed by atoms with Gasteiger partial charge in [-0.2, -0.15) is 0 Å². The maximum absolute atomic E-state index is 12.7. The minimum atomic E-state index is -0.122. The summed E-state index contributed by atoms with van der Waals surface area (Å²) in [7, 11) is 0. The van der Waals surface area contributed by atoms with E-state index in [-0.39, 0.29) is 11.5 Å². The van der Waals surface area contributed by atoms with Gasteiger partial charge in [-0.15, -0.1) is 0 Å². The Balaban J connectivity index is 1.45. The Kier molecular flexibility index (Phi) is 5.33. The molecule has 0 aliphatic heterocycles. The Morgan fingerprint density at radius 3 is 2.68 bits per heavy atom. The molecule has 1 amide bonds. The van der Waals surface area contributed by atoms with Crippen molar-refractivity contribution in [2.24, 2.45) is 0 Å². The van der Waals surface area contributed by atoms with Gasteiger partial charge < -0.3 is 5.32 Å². The lowest BCUT2D eigenvalue weighted by Gasteiger charge is -2.13. The predicted octanol–water partition coefficient (Wildman–Crippen LogP) is 4.01. The third-order valence-electron chi connectivity index (χ3n) is 5.19. The van der Waals surface area contributed by atoms with Gasteiger partial charge in [0.05, 0.1) is 16.6 Å². The van der Waals surface area contributed by atoms with Gasteiger partial charge in [-0.25, -0.2) is 4.98 Å². The third kappa shape index (κ3) is 3.88. The number of benzene rings is 2. The largest absolute Gasteiger partial charge is 0.352 e. The van der Waals surface area contributed by atoms with Crippen molar-refractivity contribution in [2.75, 3.05) is 6.54 Å². The first kappa shape index (κ1) is 18.2.